The van der Waals surface area contributed by atoms with Crippen molar-refractivity contribution in [2.75, 3.05) is 50.7 Å². The molecule has 128 valence electrons. The third-order valence-corrected chi connectivity index (χ3v) is 5.28. The Hall–Kier alpha value is -0.770. The molecule has 0 aliphatic carbocycles. The van der Waals surface area contributed by atoms with Crippen LogP contribution < -0.4 is 4.90 Å². The third-order valence-electron chi connectivity index (χ3n) is 4.97. The third kappa shape index (κ3) is 4.40. The molecule has 0 amide bonds. The molecule has 0 aromatic heterocycles. The van der Waals surface area contributed by atoms with Crippen molar-refractivity contribution in [3.8, 4) is 0 Å². The van der Waals surface area contributed by atoms with Gasteiger partial charge in [0.25, 0.3) is 0 Å². The Morgan fingerprint density at radius 2 is 1.61 bits per heavy atom. The second-order valence-electron chi connectivity index (χ2n) is 7.41. The van der Waals surface area contributed by atoms with Gasteiger partial charge in [0, 0.05) is 52.4 Å². The first-order valence-electron chi connectivity index (χ1n) is 9.10. The lowest BCUT2D eigenvalue weighted by molar-refractivity contribution is 0.117. The lowest BCUT2D eigenvalue weighted by Crippen LogP contribution is -2.47. The largest absolute Gasteiger partial charge is 0.370 e. The summed E-state index contributed by atoms with van der Waals surface area (Å²) in [4.78, 5) is 7.66. The van der Waals surface area contributed by atoms with E-state index < -0.39 is 0 Å². The number of nitrogens with zero attached hydrogens (tertiary/aromatic N) is 3. The quantitative estimate of drug-likeness (QED) is 0.812. The van der Waals surface area contributed by atoms with Crippen LogP contribution in [0.15, 0.2) is 18.2 Å². The van der Waals surface area contributed by atoms with Crippen molar-refractivity contribution in [2.45, 2.75) is 33.2 Å². The molecule has 0 atom stereocenters. The van der Waals surface area contributed by atoms with Crippen LogP contribution in [0.25, 0.3) is 0 Å². The lowest BCUT2D eigenvalue weighted by atomic mass is 10.1. The van der Waals surface area contributed by atoms with E-state index in [-0.39, 0.29) is 0 Å². The van der Waals surface area contributed by atoms with Crippen LogP contribution in [-0.4, -0.2) is 55.6 Å². The summed E-state index contributed by atoms with van der Waals surface area (Å²) in [5.41, 5.74) is 2.69. The number of hydrogen-bond acceptors (Lipinski definition) is 3. The summed E-state index contributed by atoms with van der Waals surface area (Å²) in [5, 5.41) is 0.919. The van der Waals surface area contributed by atoms with E-state index in [4.69, 9.17) is 11.6 Å². The maximum Gasteiger partial charge on any atom is 0.0642 e. The summed E-state index contributed by atoms with van der Waals surface area (Å²) in [6.45, 7) is 13.9. The molecule has 2 fully saturated rings. The van der Waals surface area contributed by atoms with Crippen LogP contribution in [0, 0.1) is 5.92 Å². The van der Waals surface area contributed by atoms with Crippen LogP contribution >= 0.6 is 11.6 Å². The molecule has 0 N–H and O–H groups in total. The first kappa shape index (κ1) is 17.1. The van der Waals surface area contributed by atoms with Gasteiger partial charge in [-0.25, -0.2) is 0 Å². The van der Waals surface area contributed by atoms with E-state index in [0.717, 1.165) is 30.6 Å². The molecular formula is C19H30ClN3. The molecule has 2 aliphatic rings. The monoisotopic (exact) mass is 335 g/mol. The highest BCUT2D eigenvalue weighted by Crippen LogP contribution is 2.33. The second kappa shape index (κ2) is 7.87. The molecule has 23 heavy (non-hydrogen) atoms. The molecule has 0 saturated carbocycles. The topological polar surface area (TPSA) is 9.72 Å². The van der Waals surface area contributed by atoms with E-state index in [2.05, 4.69) is 40.7 Å². The summed E-state index contributed by atoms with van der Waals surface area (Å²) >= 11 is 6.54. The van der Waals surface area contributed by atoms with Crippen molar-refractivity contribution in [3.05, 3.63) is 28.8 Å². The predicted molar refractivity (Wildman–Crippen MR) is 99.5 cm³/mol. The van der Waals surface area contributed by atoms with E-state index in [1.807, 2.05) is 6.07 Å². The van der Waals surface area contributed by atoms with Crippen LogP contribution in [0.2, 0.25) is 5.02 Å². The van der Waals surface area contributed by atoms with Crippen molar-refractivity contribution < 1.29 is 0 Å². The zero-order valence-electron chi connectivity index (χ0n) is 14.6. The number of rotatable bonds is 5. The highest BCUT2D eigenvalue weighted by atomic mass is 35.5. The van der Waals surface area contributed by atoms with E-state index in [1.54, 1.807) is 0 Å². The molecule has 2 aliphatic heterocycles. The normalized spacial score (nSPS) is 20.6. The van der Waals surface area contributed by atoms with Gasteiger partial charge in [-0.3, -0.25) is 4.90 Å². The van der Waals surface area contributed by atoms with Gasteiger partial charge >= 0.3 is 0 Å². The van der Waals surface area contributed by atoms with Gasteiger partial charge in [-0.2, -0.15) is 0 Å². The SMILES string of the molecule is CC(C)CN1CCN(Cc2cccc(Cl)c2N2CCCC2)CC1. The minimum absolute atomic E-state index is 0.760. The van der Waals surface area contributed by atoms with Crippen LogP contribution in [0.1, 0.15) is 32.3 Å². The van der Waals surface area contributed by atoms with E-state index in [9.17, 15) is 0 Å². The summed E-state index contributed by atoms with van der Waals surface area (Å²) < 4.78 is 0. The molecule has 4 heteroatoms. The fourth-order valence-corrected chi connectivity index (χ4v) is 4.18. The molecule has 0 unspecified atom stereocenters. The standard InChI is InChI=1S/C19H30ClN3/c1-16(2)14-21-10-12-22(13-11-21)15-17-6-5-7-18(20)19(17)23-8-3-4-9-23/h5-7,16H,3-4,8-15H2,1-2H3. The zero-order chi connectivity index (χ0) is 16.2. The Balaban J connectivity index is 1.63. The number of benzene rings is 1. The predicted octanol–water partition coefficient (Wildman–Crippen LogP) is 3.71. The van der Waals surface area contributed by atoms with Gasteiger partial charge in [0.1, 0.15) is 0 Å². The van der Waals surface area contributed by atoms with Gasteiger partial charge < -0.3 is 9.80 Å². The Bertz CT molecular complexity index is 503. The van der Waals surface area contributed by atoms with Gasteiger partial charge in [-0.1, -0.05) is 37.6 Å². The highest BCUT2D eigenvalue weighted by molar-refractivity contribution is 6.33. The zero-order valence-corrected chi connectivity index (χ0v) is 15.4. The van der Waals surface area contributed by atoms with Gasteiger partial charge in [0.05, 0.1) is 10.7 Å². The fraction of sp³-hybridized carbons (Fsp3) is 0.684. The molecule has 1 aromatic rings. The smallest absolute Gasteiger partial charge is 0.0642 e. The number of hydrogen-bond donors (Lipinski definition) is 0. The maximum atomic E-state index is 6.54. The summed E-state index contributed by atoms with van der Waals surface area (Å²) in [6, 6.07) is 6.41. The highest BCUT2D eigenvalue weighted by Gasteiger charge is 2.22. The maximum absolute atomic E-state index is 6.54. The second-order valence-corrected chi connectivity index (χ2v) is 7.82. The Labute approximate surface area is 146 Å². The molecule has 0 radical (unpaired) electrons. The molecule has 0 bridgehead atoms. The number of anilines is 1. The fourth-order valence-electron chi connectivity index (χ4n) is 3.87. The molecule has 2 saturated heterocycles. The van der Waals surface area contributed by atoms with Gasteiger partial charge in [0.2, 0.25) is 0 Å². The van der Waals surface area contributed by atoms with Crippen LogP contribution in [-0.2, 0) is 6.54 Å². The van der Waals surface area contributed by atoms with E-state index in [0.29, 0.717) is 0 Å². The number of halogens is 1. The minimum atomic E-state index is 0.760. The number of para-hydroxylation sites is 1. The van der Waals surface area contributed by atoms with Gasteiger partial charge in [-0.05, 0) is 30.4 Å². The van der Waals surface area contributed by atoms with Crippen molar-refractivity contribution in [1.82, 2.24) is 9.80 Å². The minimum Gasteiger partial charge on any atom is -0.370 e. The van der Waals surface area contributed by atoms with Crippen molar-refractivity contribution in [3.63, 3.8) is 0 Å². The van der Waals surface area contributed by atoms with Crippen molar-refractivity contribution >= 4 is 17.3 Å². The van der Waals surface area contributed by atoms with Gasteiger partial charge in [-0.15, -0.1) is 0 Å². The molecule has 3 nitrogen and oxygen atoms in total. The molecule has 0 spiro atoms. The Kier molecular flexibility index (Phi) is 5.84. The van der Waals surface area contributed by atoms with Crippen molar-refractivity contribution in [1.29, 1.82) is 0 Å². The lowest BCUT2D eigenvalue weighted by Gasteiger charge is -2.36. The van der Waals surface area contributed by atoms with Crippen LogP contribution in [0.4, 0.5) is 5.69 Å². The van der Waals surface area contributed by atoms with Crippen LogP contribution in [0.3, 0.4) is 0 Å². The Morgan fingerprint density at radius 1 is 0.957 bits per heavy atom. The van der Waals surface area contributed by atoms with E-state index in [1.165, 1.54) is 56.8 Å². The van der Waals surface area contributed by atoms with E-state index >= 15 is 0 Å². The summed E-state index contributed by atoms with van der Waals surface area (Å²) in [5.74, 6) is 0.760. The molecular weight excluding hydrogens is 306 g/mol. The van der Waals surface area contributed by atoms with Gasteiger partial charge in [0.15, 0.2) is 0 Å². The average Bonchev–Trinajstić information content (AvgIpc) is 3.03. The molecule has 3 rings (SSSR count). The van der Waals surface area contributed by atoms with Crippen LogP contribution in [0.5, 0.6) is 0 Å². The first-order valence-corrected chi connectivity index (χ1v) is 9.48. The first-order chi connectivity index (χ1) is 11.1. The Morgan fingerprint density at radius 3 is 2.26 bits per heavy atom. The summed E-state index contributed by atoms with van der Waals surface area (Å²) in [6.07, 6.45) is 2.58. The summed E-state index contributed by atoms with van der Waals surface area (Å²) in [7, 11) is 0. The number of piperazine rings is 1. The van der Waals surface area contributed by atoms with Crippen molar-refractivity contribution in [2.24, 2.45) is 5.92 Å². The molecule has 1 aromatic carbocycles. The average molecular weight is 336 g/mol. The molecule has 2 heterocycles.